The van der Waals surface area contributed by atoms with Crippen molar-refractivity contribution in [3.05, 3.63) is 33.4 Å². The lowest BCUT2D eigenvalue weighted by molar-refractivity contribution is -0.145. The van der Waals surface area contributed by atoms with Crippen LogP contribution >= 0.6 is 22.6 Å². The first-order chi connectivity index (χ1) is 11.3. The summed E-state index contributed by atoms with van der Waals surface area (Å²) in [6, 6.07) is 6.10. The molecule has 0 unspecified atom stereocenters. The summed E-state index contributed by atoms with van der Waals surface area (Å²) in [5.74, 6) is -1.32. The summed E-state index contributed by atoms with van der Waals surface area (Å²) in [4.78, 5) is 35.8. The van der Waals surface area contributed by atoms with Gasteiger partial charge in [-0.3, -0.25) is 9.59 Å². The van der Waals surface area contributed by atoms with Crippen molar-refractivity contribution in [2.45, 2.75) is 39.3 Å². The fraction of sp³-hybridized carbons (Fsp3) is 0.471. The minimum atomic E-state index is -0.812. The van der Waals surface area contributed by atoms with E-state index in [4.69, 9.17) is 4.74 Å². The number of amides is 2. The van der Waals surface area contributed by atoms with E-state index >= 15 is 0 Å². The van der Waals surface area contributed by atoms with Crippen molar-refractivity contribution in [2.75, 3.05) is 7.11 Å². The maximum absolute atomic E-state index is 12.5. The molecule has 6 nitrogen and oxygen atoms in total. The number of hydrogen-bond donors (Lipinski definition) is 2. The molecule has 0 fully saturated rings. The van der Waals surface area contributed by atoms with Gasteiger partial charge in [0.25, 0.3) is 0 Å². The number of carbonyl (C=O) groups is 3. The summed E-state index contributed by atoms with van der Waals surface area (Å²) < 4.78 is 5.80. The number of halogens is 1. The number of esters is 1. The molecule has 0 aliphatic carbocycles. The second-order valence-electron chi connectivity index (χ2n) is 5.80. The van der Waals surface area contributed by atoms with E-state index in [2.05, 4.69) is 33.2 Å². The van der Waals surface area contributed by atoms with Crippen molar-refractivity contribution in [2.24, 2.45) is 5.92 Å². The van der Waals surface area contributed by atoms with Gasteiger partial charge >= 0.3 is 5.97 Å². The first kappa shape index (κ1) is 20.4. The topological polar surface area (TPSA) is 84.5 Å². The predicted octanol–water partition coefficient (Wildman–Crippen LogP) is 1.65. The van der Waals surface area contributed by atoms with E-state index in [0.717, 1.165) is 9.13 Å². The van der Waals surface area contributed by atoms with E-state index in [1.165, 1.54) is 14.0 Å². The highest BCUT2D eigenvalue weighted by Gasteiger charge is 2.29. The molecule has 0 heterocycles. The van der Waals surface area contributed by atoms with Crippen molar-refractivity contribution >= 4 is 40.4 Å². The second kappa shape index (κ2) is 9.61. The van der Waals surface area contributed by atoms with Crippen molar-refractivity contribution in [1.82, 2.24) is 10.6 Å². The van der Waals surface area contributed by atoms with Crippen LogP contribution in [0.15, 0.2) is 24.3 Å². The zero-order valence-electron chi connectivity index (χ0n) is 14.3. The lowest BCUT2D eigenvalue weighted by atomic mass is 10.0. The van der Waals surface area contributed by atoms with Crippen LogP contribution in [0.4, 0.5) is 0 Å². The van der Waals surface area contributed by atoms with Crippen LogP contribution in [0.25, 0.3) is 0 Å². The van der Waals surface area contributed by atoms with Gasteiger partial charge in [0.1, 0.15) is 12.1 Å². The Kier molecular flexibility index (Phi) is 8.17. The van der Waals surface area contributed by atoms with Gasteiger partial charge in [-0.2, -0.15) is 0 Å². The maximum atomic E-state index is 12.5. The van der Waals surface area contributed by atoms with Crippen molar-refractivity contribution in [1.29, 1.82) is 0 Å². The number of hydrogen-bond acceptors (Lipinski definition) is 4. The summed E-state index contributed by atoms with van der Waals surface area (Å²) in [7, 11) is 1.28. The van der Waals surface area contributed by atoms with Crippen LogP contribution < -0.4 is 10.6 Å². The maximum Gasteiger partial charge on any atom is 0.328 e. The van der Waals surface area contributed by atoms with Crippen LogP contribution in [0, 0.1) is 9.49 Å². The van der Waals surface area contributed by atoms with Gasteiger partial charge in [0.05, 0.1) is 7.11 Å². The minimum Gasteiger partial charge on any atom is -0.467 e. The summed E-state index contributed by atoms with van der Waals surface area (Å²) in [5.41, 5.74) is 0.939. The zero-order chi connectivity index (χ0) is 18.3. The van der Waals surface area contributed by atoms with Gasteiger partial charge in [-0.25, -0.2) is 4.79 Å². The molecule has 0 spiro atoms. The molecule has 0 saturated carbocycles. The zero-order valence-corrected chi connectivity index (χ0v) is 16.4. The third-order valence-corrected chi connectivity index (χ3v) is 4.54. The van der Waals surface area contributed by atoms with Gasteiger partial charge < -0.3 is 15.4 Å². The standard InChI is InChI=1S/C17H23IN2O4/c1-10(2)15(19-11(3)21)16(22)20-14(17(23)24-4)9-12-7-5-6-8-13(12)18/h5-8,10,14-15H,9H2,1-4H3,(H,19,21)(H,20,22)/t14-,15+/m0/s1. The number of carbonyl (C=O) groups excluding carboxylic acids is 3. The van der Waals surface area contributed by atoms with Crippen LogP contribution in [-0.4, -0.2) is 37.0 Å². The Hall–Kier alpha value is -1.64. The molecule has 0 aliphatic heterocycles. The first-order valence-electron chi connectivity index (χ1n) is 7.65. The van der Waals surface area contributed by atoms with Crippen LogP contribution in [0.3, 0.4) is 0 Å². The molecule has 0 aromatic heterocycles. The Labute approximate surface area is 155 Å². The molecule has 24 heavy (non-hydrogen) atoms. The smallest absolute Gasteiger partial charge is 0.328 e. The quantitative estimate of drug-likeness (QED) is 0.493. The third kappa shape index (κ3) is 6.10. The van der Waals surface area contributed by atoms with E-state index in [0.29, 0.717) is 6.42 Å². The first-order valence-corrected chi connectivity index (χ1v) is 8.72. The van der Waals surface area contributed by atoms with Crippen molar-refractivity contribution in [3.63, 3.8) is 0 Å². The number of ether oxygens (including phenoxy) is 1. The second-order valence-corrected chi connectivity index (χ2v) is 6.96. The summed E-state index contributed by atoms with van der Waals surface area (Å²) >= 11 is 2.18. The fourth-order valence-electron chi connectivity index (χ4n) is 2.23. The molecule has 2 N–H and O–H groups in total. The highest BCUT2D eigenvalue weighted by molar-refractivity contribution is 14.1. The number of nitrogens with one attached hydrogen (secondary N) is 2. The van der Waals surface area contributed by atoms with Crippen LogP contribution in [0.2, 0.25) is 0 Å². The Bertz CT molecular complexity index is 604. The molecule has 0 radical (unpaired) electrons. The molecular weight excluding hydrogens is 423 g/mol. The molecule has 1 aromatic carbocycles. The summed E-state index contributed by atoms with van der Waals surface area (Å²) in [6.07, 6.45) is 0.322. The molecule has 0 aliphatic rings. The Morgan fingerprint density at radius 2 is 1.79 bits per heavy atom. The molecule has 2 atom stereocenters. The van der Waals surface area contributed by atoms with E-state index in [1.54, 1.807) is 0 Å². The lowest BCUT2D eigenvalue weighted by Gasteiger charge is -2.24. The van der Waals surface area contributed by atoms with Gasteiger partial charge in [-0.1, -0.05) is 32.0 Å². The normalized spacial score (nSPS) is 13.1. The van der Waals surface area contributed by atoms with Gasteiger partial charge in [-0.15, -0.1) is 0 Å². The highest BCUT2D eigenvalue weighted by atomic mass is 127. The average Bonchev–Trinajstić information content (AvgIpc) is 2.52. The SMILES string of the molecule is COC(=O)[C@H](Cc1ccccc1I)NC(=O)[C@H](NC(C)=O)C(C)C. The van der Waals surface area contributed by atoms with E-state index in [9.17, 15) is 14.4 Å². The van der Waals surface area contributed by atoms with Crippen LogP contribution in [0.5, 0.6) is 0 Å². The van der Waals surface area contributed by atoms with Crippen molar-refractivity contribution in [3.8, 4) is 0 Å². The van der Waals surface area contributed by atoms with Gasteiger partial charge in [0.2, 0.25) is 11.8 Å². The largest absolute Gasteiger partial charge is 0.467 e. The van der Waals surface area contributed by atoms with E-state index in [-0.39, 0.29) is 11.8 Å². The minimum absolute atomic E-state index is 0.107. The monoisotopic (exact) mass is 446 g/mol. The van der Waals surface area contributed by atoms with Crippen molar-refractivity contribution < 1.29 is 19.1 Å². The molecular formula is C17H23IN2O4. The highest BCUT2D eigenvalue weighted by Crippen LogP contribution is 2.14. The average molecular weight is 446 g/mol. The molecule has 132 valence electrons. The van der Waals surface area contributed by atoms with Crippen LogP contribution in [0.1, 0.15) is 26.3 Å². The molecule has 7 heteroatoms. The Balaban J connectivity index is 2.93. The van der Waals surface area contributed by atoms with Crippen LogP contribution in [-0.2, 0) is 25.5 Å². The van der Waals surface area contributed by atoms with E-state index in [1.807, 2.05) is 38.1 Å². The molecule has 2 amide bonds. The number of methoxy groups -OCH3 is 1. The summed E-state index contributed by atoms with van der Waals surface area (Å²) in [5, 5.41) is 5.31. The molecule has 1 rings (SSSR count). The third-order valence-electron chi connectivity index (χ3n) is 3.49. The number of rotatable bonds is 7. The number of benzene rings is 1. The molecule has 1 aromatic rings. The van der Waals surface area contributed by atoms with E-state index < -0.39 is 24.0 Å². The van der Waals surface area contributed by atoms with Gasteiger partial charge in [0.15, 0.2) is 0 Å². The molecule has 0 saturated heterocycles. The fourth-order valence-corrected chi connectivity index (χ4v) is 2.84. The Morgan fingerprint density at radius 3 is 2.29 bits per heavy atom. The Morgan fingerprint density at radius 1 is 1.17 bits per heavy atom. The van der Waals surface area contributed by atoms with Gasteiger partial charge in [-0.05, 0) is 40.1 Å². The van der Waals surface area contributed by atoms with Gasteiger partial charge in [0, 0.05) is 16.9 Å². The predicted molar refractivity (Wildman–Crippen MR) is 99.3 cm³/mol. The molecule has 0 bridgehead atoms. The lowest BCUT2D eigenvalue weighted by Crippen LogP contribution is -2.54. The summed E-state index contributed by atoms with van der Waals surface area (Å²) in [6.45, 7) is 5.01.